The van der Waals surface area contributed by atoms with Gasteiger partial charge in [-0.15, -0.1) is 0 Å². The Morgan fingerprint density at radius 2 is 2.08 bits per heavy atom. The monoisotopic (exact) mass is 322 g/mol. The zero-order valence-corrected chi connectivity index (χ0v) is 13.7. The van der Waals surface area contributed by atoms with Crippen molar-refractivity contribution in [2.45, 2.75) is 20.8 Å². The second-order valence-electron chi connectivity index (χ2n) is 5.62. The van der Waals surface area contributed by atoms with Gasteiger partial charge in [-0.05, 0) is 45.0 Å². The smallest absolute Gasteiger partial charge is 0.260 e. The predicted molar refractivity (Wildman–Crippen MR) is 95.3 cm³/mol. The first-order valence-corrected chi connectivity index (χ1v) is 7.49. The van der Waals surface area contributed by atoms with Gasteiger partial charge in [0.1, 0.15) is 11.6 Å². The number of rotatable bonds is 3. The molecule has 0 fully saturated rings. The van der Waals surface area contributed by atoms with Crippen molar-refractivity contribution >= 4 is 34.6 Å². The first-order valence-electron chi connectivity index (χ1n) is 7.49. The van der Waals surface area contributed by atoms with Gasteiger partial charge in [-0.1, -0.05) is 0 Å². The van der Waals surface area contributed by atoms with E-state index in [0.717, 1.165) is 34.5 Å². The molecular formula is C17H18N6O. The van der Waals surface area contributed by atoms with Gasteiger partial charge in [0.2, 0.25) is 0 Å². The average molecular weight is 322 g/mol. The molecule has 0 saturated carbocycles. The van der Waals surface area contributed by atoms with Gasteiger partial charge in [-0.25, -0.2) is 9.98 Å². The number of nitrogens with zero attached hydrogens (tertiary/aromatic N) is 2. The van der Waals surface area contributed by atoms with Crippen LogP contribution in [-0.2, 0) is 4.79 Å². The number of hydrogen-bond acceptors (Lipinski definition) is 5. The van der Waals surface area contributed by atoms with E-state index in [-0.39, 0.29) is 5.57 Å². The largest absolute Gasteiger partial charge is 0.343 e. The summed E-state index contributed by atoms with van der Waals surface area (Å²) in [5, 5.41) is 13.4. The van der Waals surface area contributed by atoms with Gasteiger partial charge in [0.15, 0.2) is 0 Å². The van der Waals surface area contributed by atoms with Crippen LogP contribution in [0.3, 0.4) is 0 Å². The molecule has 24 heavy (non-hydrogen) atoms. The lowest BCUT2D eigenvalue weighted by Gasteiger charge is -2.16. The number of amides is 1. The average Bonchev–Trinajstić information content (AvgIpc) is 2.86. The van der Waals surface area contributed by atoms with Crippen LogP contribution in [0.25, 0.3) is 11.0 Å². The van der Waals surface area contributed by atoms with Gasteiger partial charge in [-0.2, -0.15) is 0 Å². The number of nitrogens with one attached hydrogen (secondary N) is 4. The van der Waals surface area contributed by atoms with Crippen LogP contribution in [0.15, 0.2) is 46.4 Å². The highest BCUT2D eigenvalue weighted by Gasteiger charge is 2.16. The van der Waals surface area contributed by atoms with E-state index in [1.54, 1.807) is 6.07 Å². The lowest BCUT2D eigenvalue weighted by atomic mass is 10.2. The highest BCUT2D eigenvalue weighted by atomic mass is 16.1. The predicted octanol–water partition coefficient (Wildman–Crippen LogP) is 2.64. The van der Waals surface area contributed by atoms with Crippen molar-refractivity contribution in [3.63, 3.8) is 0 Å². The van der Waals surface area contributed by atoms with Crippen molar-refractivity contribution < 1.29 is 4.79 Å². The third-order valence-corrected chi connectivity index (χ3v) is 3.53. The van der Waals surface area contributed by atoms with Crippen LogP contribution in [0.2, 0.25) is 0 Å². The topological polar surface area (TPSA) is 106 Å². The van der Waals surface area contributed by atoms with E-state index in [2.05, 4.69) is 25.6 Å². The quantitative estimate of drug-likeness (QED) is 0.515. The van der Waals surface area contributed by atoms with Crippen molar-refractivity contribution in [2.75, 3.05) is 5.32 Å². The van der Waals surface area contributed by atoms with Gasteiger partial charge in [-0.3, -0.25) is 4.79 Å². The van der Waals surface area contributed by atoms with Crippen molar-refractivity contribution in [3.8, 4) is 0 Å². The molecule has 0 atom stereocenters. The van der Waals surface area contributed by atoms with E-state index in [1.165, 1.54) is 0 Å². The Labute approximate surface area is 139 Å². The van der Waals surface area contributed by atoms with Gasteiger partial charge in [0.05, 0.1) is 16.6 Å². The number of anilines is 1. The Bertz CT molecular complexity index is 932. The summed E-state index contributed by atoms with van der Waals surface area (Å²) in [7, 11) is 0. The maximum Gasteiger partial charge on any atom is 0.260 e. The summed E-state index contributed by atoms with van der Waals surface area (Å²) < 4.78 is 0. The SMILES string of the molecule is CC1=CC(C)=N/C(=C(/C=N)C(=O)Nc2ccc3nc(C)[nH]c3c2)N1. The van der Waals surface area contributed by atoms with Crippen LogP contribution in [-0.4, -0.2) is 27.8 Å². The van der Waals surface area contributed by atoms with Gasteiger partial charge >= 0.3 is 0 Å². The number of fused-ring (bicyclic) bond motifs is 1. The molecule has 2 aromatic rings. The fourth-order valence-electron chi connectivity index (χ4n) is 2.56. The molecule has 3 rings (SSSR count). The number of imidazole rings is 1. The number of aryl methyl sites for hydroxylation is 1. The molecule has 1 amide bonds. The lowest BCUT2D eigenvalue weighted by molar-refractivity contribution is -0.112. The van der Waals surface area contributed by atoms with Crippen LogP contribution in [0.1, 0.15) is 19.7 Å². The number of H-pyrrole nitrogens is 1. The number of allylic oxidation sites excluding steroid dienone is 2. The van der Waals surface area contributed by atoms with Crippen LogP contribution in [0, 0.1) is 12.3 Å². The molecule has 0 aliphatic carbocycles. The molecule has 1 aromatic heterocycles. The van der Waals surface area contributed by atoms with E-state index >= 15 is 0 Å². The molecule has 1 aliphatic rings. The number of benzene rings is 1. The van der Waals surface area contributed by atoms with Crippen LogP contribution in [0.4, 0.5) is 5.69 Å². The standard InChI is InChI=1S/C17H18N6O/c1-9-6-10(2)20-16(19-9)13(8-18)17(24)23-12-4-5-14-15(7-12)22-11(3)21-14/h4-8,18-19H,1-3H3,(H,21,22)(H,23,24)/b16-13-,18-8?. The third kappa shape index (κ3) is 3.10. The summed E-state index contributed by atoms with van der Waals surface area (Å²) in [6, 6.07) is 5.42. The number of carbonyl (C=O) groups is 1. The zero-order chi connectivity index (χ0) is 17.3. The van der Waals surface area contributed by atoms with Crippen LogP contribution < -0.4 is 10.6 Å². The summed E-state index contributed by atoms with van der Waals surface area (Å²) in [6.07, 6.45) is 2.88. The van der Waals surface area contributed by atoms with E-state index in [1.807, 2.05) is 39.0 Å². The first-order chi connectivity index (χ1) is 11.5. The maximum absolute atomic E-state index is 12.5. The molecule has 7 heteroatoms. The molecule has 0 radical (unpaired) electrons. The Morgan fingerprint density at radius 3 is 2.79 bits per heavy atom. The number of hydrogen-bond donors (Lipinski definition) is 4. The van der Waals surface area contributed by atoms with Crippen molar-refractivity contribution in [1.82, 2.24) is 15.3 Å². The summed E-state index contributed by atoms with van der Waals surface area (Å²) in [5.41, 5.74) is 4.13. The Balaban J connectivity index is 1.89. The molecule has 2 heterocycles. The normalized spacial score (nSPS) is 16.1. The molecule has 7 nitrogen and oxygen atoms in total. The highest BCUT2D eigenvalue weighted by Crippen LogP contribution is 2.18. The Morgan fingerprint density at radius 1 is 1.29 bits per heavy atom. The minimum Gasteiger partial charge on any atom is -0.343 e. The fraction of sp³-hybridized carbons (Fsp3) is 0.176. The zero-order valence-electron chi connectivity index (χ0n) is 13.7. The van der Waals surface area contributed by atoms with Gasteiger partial charge < -0.3 is 21.0 Å². The summed E-state index contributed by atoms with van der Waals surface area (Å²) >= 11 is 0. The molecule has 122 valence electrons. The third-order valence-electron chi connectivity index (χ3n) is 3.53. The van der Waals surface area contributed by atoms with Crippen molar-refractivity contribution in [2.24, 2.45) is 4.99 Å². The van der Waals surface area contributed by atoms with E-state index < -0.39 is 5.91 Å². The van der Waals surface area contributed by atoms with Crippen molar-refractivity contribution in [3.05, 3.63) is 47.2 Å². The minimum absolute atomic E-state index is 0.169. The minimum atomic E-state index is -0.394. The van der Waals surface area contributed by atoms with Crippen molar-refractivity contribution in [1.29, 1.82) is 5.41 Å². The number of carbonyl (C=O) groups excluding carboxylic acids is 1. The molecule has 0 spiro atoms. The number of aromatic amines is 1. The van der Waals surface area contributed by atoms with E-state index in [4.69, 9.17) is 5.41 Å². The summed E-state index contributed by atoms with van der Waals surface area (Å²) in [6.45, 7) is 5.60. The lowest BCUT2D eigenvalue weighted by Crippen LogP contribution is -2.24. The number of aromatic nitrogens is 2. The molecule has 0 unspecified atom stereocenters. The molecule has 4 N–H and O–H groups in total. The van der Waals surface area contributed by atoms with Gasteiger partial charge in [0.25, 0.3) is 5.91 Å². The van der Waals surface area contributed by atoms with Crippen LogP contribution >= 0.6 is 0 Å². The van der Waals surface area contributed by atoms with Crippen LogP contribution in [0.5, 0.6) is 0 Å². The summed E-state index contributed by atoms with van der Waals surface area (Å²) in [4.78, 5) is 24.3. The van der Waals surface area contributed by atoms with Gasteiger partial charge in [0, 0.05) is 23.3 Å². The van der Waals surface area contributed by atoms with E-state index in [0.29, 0.717) is 11.5 Å². The molecule has 0 saturated heterocycles. The second-order valence-corrected chi connectivity index (χ2v) is 5.62. The summed E-state index contributed by atoms with van der Waals surface area (Å²) in [5.74, 6) is 0.794. The first kappa shape index (κ1) is 15.7. The highest BCUT2D eigenvalue weighted by molar-refractivity contribution is 6.18. The second kappa shape index (κ2) is 6.11. The van der Waals surface area contributed by atoms with E-state index in [9.17, 15) is 4.79 Å². The molecule has 1 aromatic carbocycles. The molecule has 0 bridgehead atoms. The fourth-order valence-corrected chi connectivity index (χ4v) is 2.56. The number of aliphatic imine (C=N–C) groups is 1. The Hall–Kier alpha value is -3.22. The maximum atomic E-state index is 12.5. The molecule has 1 aliphatic heterocycles. The Kier molecular flexibility index (Phi) is 3.99. The molecular weight excluding hydrogens is 304 g/mol.